The molecule has 2 unspecified atom stereocenters. The van der Waals surface area contributed by atoms with Crippen molar-refractivity contribution in [2.45, 2.75) is 24.0 Å². The first-order chi connectivity index (χ1) is 7.93. The summed E-state index contributed by atoms with van der Waals surface area (Å²) in [6, 6.07) is 4.33. The quantitative estimate of drug-likeness (QED) is 0.251. The van der Waals surface area contributed by atoms with E-state index in [0.29, 0.717) is 10.6 Å². The number of carbonyl (C=O) groups excluding carboxylic acids is 1. The molecule has 4 nitrogen and oxygen atoms in total. The number of hydrogen-bond acceptors (Lipinski definition) is 4. The molecule has 0 aliphatic carbocycles. The van der Waals surface area contributed by atoms with Crippen molar-refractivity contribution >= 4 is 23.4 Å². The number of thioether (sulfide) groups is 1. The van der Waals surface area contributed by atoms with Crippen molar-refractivity contribution in [2.24, 2.45) is 11.8 Å². The molecule has 0 aliphatic heterocycles. The van der Waals surface area contributed by atoms with Crippen molar-refractivity contribution in [3.63, 3.8) is 0 Å². The highest BCUT2D eigenvalue weighted by Crippen LogP contribution is 2.29. The van der Waals surface area contributed by atoms with Crippen LogP contribution in [0.2, 0.25) is 0 Å². The van der Waals surface area contributed by atoms with Gasteiger partial charge in [0.1, 0.15) is 5.82 Å². The minimum Gasteiger partial charge on any atom is -0.399 e. The van der Waals surface area contributed by atoms with E-state index in [1.165, 1.54) is 23.9 Å². The smallest absolute Gasteiger partial charge is 0.237 e. The molecule has 6 heteroatoms. The Balaban J connectivity index is 2.73. The predicted octanol–water partition coefficient (Wildman–Crippen LogP) is 1.51. The minimum atomic E-state index is -0.379. The molecule has 0 heterocycles. The summed E-state index contributed by atoms with van der Waals surface area (Å²) in [5, 5.41) is -0.0280. The fourth-order valence-electron chi connectivity index (χ4n) is 1.31. The van der Waals surface area contributed by atoms with Gasteiger partial charge in [-0.1, -0.05) is 13.8 Å². The van der Waals surface area contributed by atoms with Crippen molar-refractivity contribution in [1.82, 2.24) is 5.43 Å². The van der Waals surface area contributed by atoms with Gasteiger partial charge in [-0.15, -0.1) is 11.8 Å². The van der Waals surface area contributed by atoms with E-state index >= 15 is 0 Å². The lowest BCUT2D eigenvalue weighted by Gasteiger charge is -2.17. The second kappa shape index (κ2) is 5.88. The normalized spacial score (nSPS) is 14.1. The highest BCUT2D eigenvalue weighted by Gasteiger charge is 2.20. The number of hydrazine groups is 1. The molecule has 0 aromatic heterocycles. The summed E-state index contributed by atoms with van der Waals surface area (Å²) in [5.74, 6) is 4.17. The van der Waals surface area contributed by atoms with Gasteiger partial charge in [-0.3, -0.25) is 10.2 Å². The van der Waals surface area contributed by atoms with Crippen LogP contribution in [0.15, 0.2) is 23.1 Å². The van der Waals surface area contributed by atoms with Crippen molar-refractivity contribution in [3.05, 3.63) is 24.0 Å². The average molecular weight is 257 g/mol. The minimum absolute atomic E-state index is 0.0280. The second-order valence-corrected chi connectivity index (χ2v) is 5.29. The number of nitrogens with two attached hydrogens (primary N) is 2. The molecule has 0 radical (unpaired) electrons. The summed E-state index contributed by atoms with van der Waals surface area (Å²) in [4.78, 5) is 12.0. The molecular weight excluding hydrogens is 241 g/mol. The van der Waals surface area contributed by atoms with Crippen LogP contribution in [0.5, 0.6) is 0 Å². The van der Waals surface area contributed by atoms with E-state index < -0.39 is 0 Å². The van der Waals surface area contributed by atoms with E-state index in [2.05, 4.69) is 5.43 Å². The number of carbonyl (C=O) groups is 1. The summed E-state index contributed by atoms with van der Waals surface area (Å²) < 4.78 is 13.1. The van der Waals surface area contributed by atoms with Crippen molar-refractivity contribution < 1.29 is 9.18 Å². The maximum Gasteiger partial charge on any atom is 0.237 e. The molecule has 0 bridgehead atoms. The highest BCUT2D eigenvalue weighted by molar-refractivity contribution is 8.00. The molecule has 2 atom stereocenters. The summed E-state index contributed by atoms with van der Waals surface area (Å²) >= 11 is 1.39. The number of benzene rings is 1. The molecule has 0 saturated heterocycles. The van der Waals surface area contributed by atoms with Gasteiger partial charge >= 0.3 is 0 Å². The Hall–Kier alpha value is -1.27. The lowest BCUT2D eigenvalue weighted by Crippen LogP contribution is -2.38. The summed E-state index contributed by atoms with van der Waals surface area (Å²) in [7, 11) is 0. The first-order valence-electron chi connectivity index (χ1n) is 5.17. The largest absolute Gasteiger partial charge is 0.399 e. The molecule has 17 heavy (non-hydrogen) atoms. The van der Waals surface area contributed by atoms with Gasteiger partial charge in [-0.05, 0) is 18.2 Å². The number of nitrogen functional groups attached to an aromatic ring is 1. The SMILES string of the molecule is CC(Sc1cc(N)cc(F)c1)C(C)C(=O)NN. The molecule has 0 fully saturated rings. The van der Waals surface area contributed by atoms with Crippen LogP contribution in [0.3, 0.4) is 0 Å². The molecule has 1 amide bonds. The zero-order valence-electron chi connectivity index (χ0n) is 9.74. The van der Waals surface area contributed by atoms with E-state index in [4.69, 9.17) is 11.6 Å². The standard InChI is InChI=1S/C11H16FN3OS/c1-6(11(16)15-14)7(2)17-10-4-8(12)3-9(13)5-10/h3-7H,13-14H2,1-2H3,(H,15,16). The zero-order valence-corrected chi connectivity index (χ0v) is 10.6. The Kier molecular flexibility index (Phi) is 4.77. The van der Waals surface area contributed by atoms with Crippen LogP contribution in [-0.4, -0.2) is 11.2 Å². The van der Waals surface area contributed by atoms with E-state index in [1.807, 2.05) is 6.92 Å². The lowest BCUT2D eigenvalue weighted by molar-refractivity contribution is -0.124. The Morgan fingerprint density at radius 1 is 1.41 bits per heavy atom. The Morgan fingerprint density at radius 2 is 2.06 bits per heavy atom. The maximum atomic E-state index is 13.1. The molecule has 0 aliphatic rings. The van der Waals surface area contributed by atoms with Gasteiger partial charge in [0.25, 0.3) is 0 Å². The summed E-state index contributed by atoms with van der Waals surface area (Å²) in [6.07, 6.45) is 0. The van der Waals surface area contributed by atoms with E-state index in [-0.39, 0.29) is 22.9 Å². The van der Waals surface area contributed by atoms with E-state index in [1.54, 1.807) is 13.0 Å². The van der Waals surface area contributed by atoms with Crippen LogP contribution < -0.4 is 17.0 Å². The van der Waals surface area contributed by atoms with Crippen molar-refractivity contribution in [1.29, 1.82) is 0 Å². The second-order valence-electron chi connectivity index (χ2n) is 3.84. The molecule has 1 aromatic rings. The van der Waals surface area contributed by atoms with Gasteiger partial charge in [0.05, 0.1) is 0 Å². The molecule has 0 spiro atoms. The number of anilines is 1. The lowest BCUT2D eigenvalue weighted by atomic mass is 10.1. The van der Waals surface area contributed by atoms with Crippen LogP contribution in [0, 0.1) is 11.7 Å². The Labute approximate surface area is 104 Å². The number of amides is 1. The first-order valence-corrected chi connectivity index (χ1v) is 6.05. The van der Waals surface area contributed by atoms with Gasteiger partial charge in [0.15, 0.2) is 0 Å². The third kappa shape index (κ3) is 3.90. The zero-order chi connectivity index (χ0) is 13.0. The van der Waals surface area contributed by atoms with Gasteiger partial charge in [-0.2, -0.15) is 0 Å². The molecule has 1 rings (SSSR count). The topological polar surface area (TPSA) is 81.1 Å². The monoisotopic (exact) mass is 257 g/mol. The molecule has 0 saturated carbocycles. The number of rotatable bonds is 4. The number of nitrogens with one attached hydrogen (secondary N) is 1. The van der Waals surface area contributed by atoms with Crippen LogP contribution in [-0.2, 0) is 4.79 Å². The van der Waals surface area contributed by atoms with Gasteiger partial charge in [0, 0.05) is 21.8 Å². The summed E-state index contributed by atoms with van der Waals surface area (Å²) in [6.45, 7) is 3.65. The third-order valence-electron chi connectivity index (χ3n) is 2.48. The molecule has 5 N–H and O–H groups in total. The predicted molar refractivity (Wildman–Crippen MR) is 67.6 cm³/mol. The fraction of sp³-hybridized carbons (Fsp3) is 0.364. The van der Waals surface area contributed by atoms with Crippen LogP contribution in [0.4, 0.5) is 10.1 Å². The van der Waals surface area contributed by atoms with Crippen LogP contribution >= 0.6 is 11.8 Å². The Morgan fingerprint density at radius 3 is 2.59 bits per heavy atom. The van der Waals surface area contributed by atoms with Crippen molar-refractivity contribution in [2.75, 3.05) is 5.73 Å². The number of halogens is 1. The van der Waals surface area contributed by atoms with Gasteiger partial charge in [-0.25, -0.2) is 10.2 Å². The summed E-state index contributed by atoms with van der Waals surface area (Å²) in [5.41, 5.74) is 8.02. The van der Waals surface area contributed by atoms with Gasteiger partial charge in [0.2, 0.25) is 5.91 Å². The van der Waals surface area contributed by atoms with Crippen molar-refractivity contribution in [3.8, 4) is 0 Å². The number of hydrogen-bond donors (Lipinski definition) is 3. The fourth-order valence-corrected chi connectivity index (χ4v) is 2.46. The highest BCUT2D eigenvalue weighted by atomic mass is 32.2. The molecular formula is C11H16FN3OS. The maximum absolute atomic E-state index is 13.1. The van der Waals surface area contributed by atoms with Crippen LogP contribution in [0.25, 0.3) is 0 Å². The van der Waals surface area contributed by atoms with Crippen LogP contribution in [0.1, 0.15) is 13.8 Å². The first kappa shape index (κ1) is 13.8. The molecule has 1 aromatic carbocycles. The van der Waals surface area contributed by atoms with E-state index in [9.17, 15) is 9.18 Å². The average Bonchev–Trinajstić information content (AvgIpc) is 2.25. The van der Waals surface area contributed by atoms with Gasteiger partial charge < -0.3 is 5.73 Å². The van der Waals surface area contributed by atoms with E-state index in [0.717, 1.165) is 0 Å². The third-order valence-corrected chi connectivity index (χ3v) is 3.76. The molecule has 94 valence electrons. The Bertz CT molecular complexity index is 393.